The lowest BCUT2D eigenvalue weighted by Crippen LogP contribution is -2.07. The fourth-order valence-electron chi connectivity index (χ4n) is 3.94. The molecule has 142 valence electrons. The van der Waals surface area contributed by atoms with Gasteiger partial charge in [0.2, 0.25) is 0 Å². The zero-order valence-electron chi connectivity index (χ0n) is 17.5. The number of phenols is 2. The second kappa shape index (κ2) is 7.73. The van der Waals surface area contributed by atoms with Gasteiger partial charge in [-0.3, -0.25) is 0 Å². The first kappa shape index (κ1) is 20.4. The Morgan fingerprint density at radius 2 is 0.808 bits per heavy atom. The van der Waals surface area contributed by atoms with Crippen molar-refractivity contribution in [2.45, 2.75) is 79.1 Å². The van der Waals surface area contributed by atoms with Crippen LogP contribution in [-0.4, -0.2) is 10.2 Å². The van der Waals surface area contributed by atoms with Crippen LogP contribution in [0, 0.1) is 0 Å². The number of hydrogen-bond acceptors (Lipinski definition) is 2. The van der Waals surface area contributed by atoms with E-state index >= 15 is 0 Å². The van der Waals surface area contributed by atoms with E-state index in [9.17, 15) is 10.2 Å². The Morgan fingerprint density at radius 3 is 1.04 bits per heavy atom. The van der Waals surface area contributed by atoms with Crippen molar-refractivity contribution in [3.8, 4) is 22.6 Å². The average molecular weight is 355 g/mol. The Kier molecular flexibility index (Phi) is 6.05. The molecule has 0 radical (unpaired) electrons. The molecule has 0 aliphatic rings. The standard InChI is InChI=1S/C24H34O2/c1-13(2)17-9-11-19(25)21(15(5)6)23(17)24-18(14(3)4)10-12-20(26)22(24)16(7)8/h9-16,25-26H,1-8H3. The molecule has 0 unspecified atom stereocenters. The molecule has 0 saturated carbocycles. The molecular formula is C24H34O2. The maximum Gasteiger partial charge on any atom is 0.119 e. The highest BCUT2D eigenvalue weighted by molar-refractivity contribution is 5.82. The molecule has 0 amide bonds. The lowest BCUT2D eigenvalue weighted by atomic mass is 9.77. The number of hydrogen-bond donors (Lipinski definition) is 2. The first-order valence-corrected chi connectivity index (χ1v) is 9.79. The minimum absolute atomic E-state index is 0.186. The first-order chi connectivity index (χ1) is 12.1. The zero-order valence-corrected chi connectivity index (χ0v) is 17.5. The lowest BCUT2D eigenvalue weighted by Gasteiger charge is -2.27. The van der Waals surface area contributed by atoms with E-state index in [0.717, 1.165) is 22.3 Å². The van der Waals surface area contributed by atoms with Gasteiger partial charge in [-0.25, -0.2) is 0 Å². The van der Waals surface area contributed by atoms with Gasteiger partial charge < -0.3 is 10.2 Å². The zero-order chi connectivity index (χ0) is 19.8. The predicted octanol–water partition coefficient (Wildman–Crippen LogP) is 7.26. The molecule has 2 rings (SSSR count). The van der Waals surface area contributed by atoms with Crippen LogP contribution in [0.5, 0.6) is 11.5 Å². The number of rotatable bonds is 5. The predicted molar refractivity (Wildman–Crippen MR) is 112 cm³/mol. The lowest BCUT2D eigenvalue weighted by molar-refractivity contribution is 0.462. The van der Waals surface area contributed by atoms with E-state index in [1.165, 1.54) is 11.1 Å². The van der Waals surface area contributed by atoms with Gasteiger partial charge in [0.1, 0.15) is 11.5 Å². The van der Waals surface area contributed by atoms with E-state index in [1.54, 1.807) is 0 Å². The fraction of sp³-hybridized carbons (Fsp3) is 0.500. The minimum atomic E-state index is 0.186. The molecule has 0 aliphatic heterocycles. The molecule has 2 N–H and O–H groups in total. The van der Waals surface area contributed by atoms with Crippen LogP contribution in [0.15, 0.2) is 24.3 Å². The molecule has 2 nitrogen and oxygen atoms in total. The molecule has 2 aromatic carbocycles. The van der Waals surface area contributed by atoms with E-state index in [-0.39, 0.29) is 11.8 Å². The summed E-state index contributed by atoms with van der Waals surface area (Å²) in [5, 5.41) is 21.4. The molecule has 0 aromatic heterocycles. The van der Waals surface area contributed by atoms with Crippen molar-refractivity contribution in [1.29, 1.82) is 0 Å². The van der Waals surface area contributed by atoms with E-state index in [4.69, 9.17) is 0 Å². The van der Waals surface area contributed by atoms with Crippen molar-refractivity contribution in [3.05, 3.63) is 46.5 Å². The van der Waals surface area contributed by atoms with Crippen LogP contribution in [0.25, 0.3) is 11.1 Å². The molecule has 0 bridgehead atoms. The van der Waals surface area contributed by atoms with Crippen LogP contribution in [-0.2, 0) is 0 Å². The van der Waals surface area contributed by atoms with Crippen molar-refractivity contribution in [2.24, 2.45) is 0 Å². The summed E-state index contributed by atoms with van der Waals surface area (Å²) in [6.07, 6.45) is 0. The summed E-state index contributed by atoms with van der Waals surface area (Å²) in [6.45, 7) is 17.2. The van der Waals surface area contributed by atoms with Crippen LogP contribution >= 0.6 is 0 Å². The maximum absolute atomic E-state index is 10.7. The van der Waals surface area contributed by atoms with E-state index in [2.05, 4.69) is 55.4 Å². The van der Waals surface area contributed by atoms with Crippen molar-refractivity contribution in [1.82, 2.24) is 0 Å². The highest BCUT2D eigenvalue weighted by atomic mass is 16.3. The average Bonchev–Trinajstić information content (AvgIpc) is 2.52. The maximum atomic E-state index is 10.7. The van der Waals surface area contributed by atoms with E-state index in [0.29, 0.717) is 23.3 Å². The quantitative estimate of drug-likeness (QED) is 0.593. The molecular weight excluding hydrogens is 320 g/mol. The second-order valence-corrected chi connectivity index (χ2v) is 8.54. The highest BCUT2D eigenvalue weighted by Crippen LogP contribution is 2.48. The van der Waals surface area contributed by atoms with Gasteiger partial charge in [0.05, 0.1) is 0 Å². The minimum Gasteiger partial charge on any atom is -0.508 e. The molecule has 0 aliphatic carbocycles. The van der Waals surface area contributed by atoms with Gasteiger partial charge in [0.15, 0.2) is 0 Å². The third-order valence-corrected chi connectivity index (χ3v) is 5.16. The van der Waals surface area contributed by atoms with Crippen LogP contribution in [0.1, 0.15) is 101 Å². The molecule has 0 saturated heterocycles. The summed E-state index contributed by atoms with van der Waals surface area (Å²) in [4.78, 5) is 0. The molecule has 0 fully saturated rings. The SMILES string of the molecule is CC(C)c1ccc(O)c(C(C)C)c1-c1c(C(C)C)ccc(O)c1C(C)C. The number of benzene rings is 2. The van der Waals surface area contributed by atoms with Gasteiger partial charge in [0, 0.05) is 11.1 Å². The first-order valence-electron chi connectivity index (χ1n) is 9.79. The Bertz CT molecular complexity index is 716. The summed E-state index contributed by atoms with van der Waals surface area (Å²) in [5.74, 6) is 1.70. The van der Waals surface area contributed by atoms with Crippen LogP contribution in [0.4, 0.5) is 0 Å². The fourth-order valence-corrected chi connectivity index (χ4v) is 3.94. The monoisotopic (exact) mass is 354 g/mol. The van der Waals surface area contributed by atoms with Crippen LogP contribution in [0.2, 0.25) is 0 Å². The summed E-state index contributed by atoms with van der Waals surface area (Å²) in [7, 11) is 0. The van der Waals surface area contributed by atoms with Gasteiger partial charge >= 0.3 is 0 Å². The Morgan fingerprint density at radius 1 is 0.500 bits per heavy atom. The van der Waals surface area contributed by atoms with Gasteiger partial charge in [-0.1, -0.05) is 67.5 Å². The van der Waals surface area contributed by atoms with Crippen LogP contribution < -0.4 is 0 Å². The summed E-state index contributed by atoms with van der Waals surface area (Å²) >= 11 is 0. The van der Waals surface area contributed by atoms with Gasteiger partial charge in [-0.15, -0.1) is 0 Å². The number of phenolic OH excluding ortho intramolecular Hbond substituents is 2. The van der Waals surface area contributed by atoms with Gasteiger partial charge in [-0.05, 0) is 58.1 Å². The van der Waals surface area contributed by atoms with E-state index in [1.807, 2.05) is 24.3 Å². The van der Waals surface area contributed by atoms with Crippen LogP contribution in [0.3, 0.4) is 0 Å². The third kappa shape index (κ3) is 3.60. The highest BCUT2D eigenvalue weighted by Gasteiger charge is 2.26. The summed E-state index contributed by atoms with van der Waals surface area (Å²) in [6, 6.07) is 7.72. The van der Waals surface area contributed by atoms with Crippen molar-refractivity contribution >= 4 is 0 Å². The third-order valence-electron chi connectivity index (χ3n) is 5.16. The Balaban J connectivity index is 3.09. The topological polar surface area (TPSA) is 40.5 Å². The number of aromatic hydroxyl groups is 2. The second-order valence-electron chi connectivity index (χ2n) is 8.54. The van der Waals surface area contributed by atoms with Gasteiger partial charge in [0.25, 0.3) is 0 Å². The van der Waals surface area contributed by atoms with Crippen molar-refractivity contribution in [3.63, 3.8) is 0 Å². The molecule has 2 heteroatoms. The van der Waals surface area contributed by atoms with E-state index < -0.39 is 0 Å². The molecule has 2 aromatic rings. The largest absolute Gasteiger partial charge is 0.508 e. The Labute approximate surface area is 158 Å². The smallest absolute Gasteiger partial charge is 0.119 e. The molecule has 0 spiro atoms. The molecule has 26 heavy (non-hydrogen) atoms. The summed E-state index contributed by atoms with van der Waals surface area (Å²) in [5.41, 5.74) is 6.62. The van der Waals surface area contributed by atoms with Gasteiger partial charge in [-0.2, -0.15) is 0 Å². The van der Waals surface area contributed by atoms with Crippen molar-refractivity contribution in [2.75, 3.05) is 0 Å². The summed E-state index contributed by atoms with van der Waals surface area (Å²) < 4.78 is 0. The Hall–Kier alpha value is -1.96. The van der Waals surface area contributed by atoms with Crippen molar-refractivity contribution < 1.29 is 10.2 Å². The molecule has 0 heterocycles. The molecule has 0 atom stereocenters. The normalized spacial score (nSPS) is 12.0.